The van der Waals surface area contributed by atoms with Gasteiger partial charge in [-0.25, -0.2) is 0 Å². The minimum atomic E-state index is -0.185. The molecule has 0 atom stereocenters. The van der Waals surface area contributed by atoms with Gasteiger partial charge in [0, 0.05) is 6.42 Å². The van der Waals surface area contributed by atoms with Gasteiger partial charge in [-0.3, -0.25) is 4.79 Å². The van der Waals surface area contributed by atoms with Crippen LogP contribution in [0, 0.1) is 0 Å². The van der Waals surface area contributed by atoms with Gasteiger partial charge in [-0.05, 0) is 30.7 Å². The number of carbonyl (C=O) groups excluding carboxylic acids is 1. The maximum Gasteiger partial charge on any atom is 2.00 e. The second-order valence-corrected chi connectivity index (χ2v) is 7.67. The van der Waals surface area contributed by atoms with Crippen molar-refractivity contribution in [3.05, 3.63) is 24.3 Å². The van der Waals surface area contributed by atoms with Crippen LogP contribution >= 0.6 is 0 Å². The number of phenolic OH excluding ortho intramolecular Hbond substituents is 1. The van der Waals surface area contributed by atoms with Gasteiger partial charge in [0.2, 0.25) is 0 Å². The summed E-state index contributed by atoms with van der Waals surface area (Å²) in [6, 6.07) is 6.27. The summed E-state index contributed by atoms with van der Waals surface area (Å²) in [4.78, 5) is 11.7. The van der Waals surface area contributed by atoms with Crippen molar-refractivity contribution in [2.24, 2.45) is 0 Å². The largest absolute Gasteiger partial charge is 2.00 e. The maximum absolute atomic E-state index is 11.7. The molecule has 158 valence electrons. The fourth-order valence-electron chi connectivity index (χ4n) is 3.34. The summed E-state index contributed by atoms with van der Waals surface area (Å²) in [6.07, 6.45) is 20.3. The smallest absolute Gasteiger partial charge is 1.00 e. The fraction of sp³-hybridized carbons (Fsp3) is 0.708. The Kier molecular flexibility index (Phi) is 19.9. The molecule has 0 spiro atoms. The number of aromatic hydroxyl groups is 1. The number of hydrogen-bond acceptors (Lipinski definition) is 3. The van der Waals surface area contributed by atoms with Gasteiger partial charge in [-0.1, -0.05) is 96.8 Å². The average molecular weight is 419 g/mol. The Morgan fingerprint density at radius 2 is 1.14 bits per heavy atom. The van der Waals surface area contributed by atoms with Crippen LogP contribution < -0.4 is 4.74 Å². The summed E-state index contributed by atoms with van der Waals surface area (Å²) >= 11 is 0. The molecule has 1 rings (SSSR count). The minimum Gasteiger partial charge on any atom is -1.00 e. The van der Waals surface area contributed by atoms with Crippen LogP contribution in [-0.2, 0) is 4.79 Å². The van der Waals surface area contributed by atoms with Crippen molar-refractivity contribution < 1.29 is 17.5 Å². The quantitative estimate of drug-likeness (QED) is 0.124. The van der Waals surface area contributed by atoms with Crippen LogP contribution in [0.15, 0.2) is 24.3 Å². The zero-order valence-electron chi connectivity index (χ0n) is 20.1. The van der Waals surface area contributed by atoms with Crippen LogP contribution in [0.25, 0.3) is 0 Å². The first-order valence-electron chi connectivity index (χ1n) is 11.2. The molecule has 0 bridgehead atoms. The molecule has 0 radical (unpaired) electrons. The molecule has 0 aliphatic heterocycles. The van der Waals surface area contributed by atoms with Gasteiger partial charge in [-0.15, -0.1) is 0 Å². The van der Waals surface area contributed by atoms with Crippen molar-refractivity contribution in [2.45, 2.75) is 110 Å². The molecular weight excluding hydrogens is 376 g/mol. The number of unbranched alkanes of at least 4 members (excludes halogenated alkanes) is 14. The first-order chi connectivity index (χ1) is 13.2. The Morgan fingerprint density at radius 3 is 1.57 bits per heavy atom. The molecule has 0 unspecified atom stereocenters. The van der Waals surface area contributed by atoms with E-state index in [1.54, 1.807) is 12.1 Å². The number of phenols is 1. The fourth-order valence-corrected chi connectivity index (χ4v) is 3.34. The number of esters is 1. The normalized spacial score (nSPS) is 10.5. The van der Waals surface area contributed by atoms with Crippen molar-refractivity contribution in [3.63, 3.8) is 0 Å². The molecule has 0 aliphatic carbocycles. The van der Waals surface area contributed by atoms with Crippen molar-refractivity contribution in [1.29, 1.82) is 0 Å². The summed E-state index contributed by atoms with van der Waals surface area (Å²) in [7, 11) is 0. The van der Waals surface area contributed by atoms with Gasteiger partial charge in [0.15, 0.2) is 0 Å². The molecule has 1 aromatic carbocycles. The third-order valence-corrected chi connectivity index (χ3v) is 5.05. The Morgan fingerprint density at radius 1 is 0.750 bits per heavy atom. The second kappa shape index (κ2) is 20.0. The molecule has 0 aliphatic rings. The summed E-state index contributed by atoms with van der Waals surface area (Å²) < 4.78 is 5.24. The molecule has 0 amide bonds. The first kappa shape index (κ1) is 27.7. The predicted molar refractivity (Wildman–Crippen MR) is 121 cm³/mol. The van der Waals surface area contributed by atoms with E-state index in [1.165, 1.54) is 95.6 Å². The molecule has 3 nitrogen and oxygen atoms in total. The van der Waals surface area contributed by atoms with E-state index in [-0.39, 0.29) is 52.3 Å². The van der Waals surface area contributed by atoms with Gasteiger partial charge in [0.25, 0.3) is 0 Å². The van der Waals surface area contributed by atoms with E-state index in [4.69, 9.17) is 4.74 Å². The van der Waals surface area contributed by atoms with Crippen LogP contribution in [0.2, 0.25) is 0 Å². The average Bonchev–Trinajstić information content (AvgIpc) is 2.66. The molecule has 0 saturated carbocycles. The number of rotatable bonds is 17. The molecule has 1 N–H and O–H groups in total. The Hall–Kier alpha value is -0.250. The van der Waals surface area contributed by atoms with Crippen molar-refractivity contribution in [3.8, 4) is 11.5 Å². The van der Waals surface area contributed by atoms with Gasteiger partial charge in [0.05, 0.1) is 0 Å². The third kappa shape index (κ3) is 16.7. The molecule has 0 saturated heterocycles. The zero-order valence-corrected chi connectivity index (χ0v) is 20.3. The van der Waals surface area contributed by atoms with Crippen LogP contribution in [-0.4, -0.2) is 48.8 Å². The van der Waals surface area contributed by atoms with E-state index < -0.39 is 0 Å². The number of benzene rings is 1. The maximum atomic E-state index is 11.7. The molecule has 1 aromatic rings. The van der Waals surface area contributed by atoms with Crippen LogP contribution in [0.5, 0.6) is 11.5 Å². The van der Waals surface area contributed by atoms with Gasteiger partial charge >= 0.3 is 43.7 Å². The predicted octanol–water partition coefficient (Wildman–Crippen LogP) is 7.40. The second-order valence-electron chi connectivity index (χ2n) is 7.67. The molecule has 28 heavy (non-hydrogen) atoms. The monoisotopic (exact) mass is 418 g/mol. The number of hydrogen-bond donors (Lipinski definition) is 1. The molecule has 4 heteroatoms. The molecule has 0 fully saturated rings. The minimum absolute atomic E-state index is 0. The molecule has 0 aromatic heterocycles. The topological polar surface area (TPSA) is 46.5 Å². The van der Waals surface area contributed by atoms with Crippen LogP contribution in [0.4, 0.5) is 0 Å². The van der Waals surface area contributed by atoms with Gasteiger partial charge in [0.1, 0.15) is 11.5 Å². The number of carbonyl (C=O) groups is 1. The summed E-state index contributed by atoms with van der Waals surface area (Å²) in [6.45, 7) is 2.27. The third-order valence-electron chi connectivity index (χ3n) is 5.05. The Bertz CT molecular complexity index is 484. The first-order valence-corrected chi connectivity index (χ1v) is 11.2. The van der Waals surface area contributed by atoms with Gasteiger partial charge in [-0.2, -0.15) is 0 Å². The zero-order chi connectivity index (χ0) is 19.6. The van der Waals surface area contributed by atoms with E-state index in [0.717, 1.165) is 12.8 Å². The standard InChI is InChI=1S/C24H40O3.Ca.2H/c1-2-3-4-5-6-7-8-9-10-11-12-13-14-15-16-17-24(26)27-23-20-18-22(25)19-21-23;;;/h18-21,25H,2-17H2,1H3;;;/q;+2;2*-1. The summed E-state index contributed by atoms with van der Waals surface area (Å²) in [5, 5.41) is 9.20. The van der Waals surface area contributed by atoms with E-state index in [0.29, 0.717) is 12.2 Å². The van der Waals surface area contributed by atoms with Crippen LogP contribution in [0.3, 0.4) is 0 Å². The summed E-state index contributed by atoms with van der Waals surface area (Å²) in [5.41, 5.74) is 0. The van der Waals surface area contributed by atoms with Crippen molar-refractivity contribution >= 4 is 43.7 Å². The van der Waals surface area contributed by atoms with Gasteiger partial charge < -0.3 is 12.7 Å². The van der Waals surface area contributed by atoms with E-state index in [1.807, 2.05) is 0 Å². The molecule has 0 heterocycles. The number of ether oxygens (including phenoxy) is 1. The molecular formula is C24H42CaO3. The van der Waals surface area contributed by atoms with E-state index in [2.05, 4.69) is 6.92 Å². The Labute approximate surface area is 205 Å². The van der Waals surface area contributed by atoms with E-state index in [9.17, 15) is 9.90 Å². The van der Waals surface area contributed by atoms with Crippen molar-refractivity contribution in [1.82, 2.24) is 0 Å². The summed E-state index contributed by atoms with van der Waals surface area (Å²) in [5.74, 6) is 0.492. The Balaban J connectivity index is -0.00000243. The van der Waals surface area contributed by atoms with Crippen LogP contribution in [0.1, 0.15) is 113 Å². The van der Waals surface area contributed by atoms with E-state index >= 15 is 0 Å². The SMILES string of the molecule is CCCCCCCCCCCCCCCCCC(=O)Oc1ccc(O)cc1.[Ca+2].[H-].[H-]. The van der Waals surface area contributed by atoms with Crippen molar-refractivity contribution in [2.75, 3.05) is 0 Å².